The van der Waals surface area contributed by atoms with Gasteiger partial charge in [0.15, 0.2) is 0 Å². The van der Waals surface area contributed by atoms with Crippen molar-refractivity contribution in [3.05, 3.63) is 28.3 Å². The molecule has 4 rings (SSSR count). The molecule has 2 saturated heterocycles. The van der Waals surface area contributed by atoms with Crippen molar-refractivity contribution in [2.24, 2.45) is 11.8 Å². The molecule has 1 aromatic carbocycles. The molecule has 1 saturated carbocycles. The second-order valence-corrected chi connectivity index (χ2v) is 7.99. The van der Waals surface area contributed by atoms with Gasteiger partial charge in [0.2, 0.25) is 11.8 Å². The Morgan fingerprint density at radius 3 is 2.21 bits per heavy atom. The van der Waals surface area contributed by atoms with Crippen LogP contribution in [0.2, 0.25) is 0 Å². The maximum atomic E-state index is 12.8. The summed E-state index contributed by atoms with van der Waals surface area (Å²) in [5, 5.41) is 20.8. The fourth-order valence-electron chi connectivity index (χ4n) is 4.84. The van der Waals surface area contributed by atoms with Gasteiger partial charge < -0.3 is 10.0 Å². The second-order valence-electron chi connectivity index (χ2n) is 7.99. The number of benzene rings is 1. The second kappa shape index (κ2) is 8.08. The van der Waals surface area contributed by atoms with Crippen molar-refractivity contribution < 1.29 is 19.6 Å². The highest BCUT2D eigenvalue weighted by molar-refractivity contribution is 6.22. The average Bonchev–Trinajstić information content (AvgIpc) is 2.99. The van der Waals surface area contributed by atoms with Crippen LogP contribution in [0.4, 0.5) is 17.1 Å². The summed E-state index contributed by atoms with van der Waals surface area (Å²) in [5.41, 5.74) is 0.705. The zero-order valence-electron chi connectivity index (χ0n) is 16.3. The number of β-amino-alcohol motifs (C(OH)–C–C–N with tert-alkyl or cyclic N) is 1. The number of fused-ring (bicyclic) bond motifs is 1. The van der Waals surface area contributed by atoms with E-state index in [0.29, 0.717) is 56.9 Å². The minimum Gasteiger partial charge on any atom is -0.395 e. The lowest BCUT2D eigenvalue weighted by molar-refractivity contribution is -0.384. The van der Waals surface area contributed by atoms with Gasteiger partial charge in [0.1, 0.15) is 5.69 Å². The van der Waals surface area contributed by atoms with Crippen molar-refractivity contribution in [1.82, 2.24) is 4.90 Å². The van der Waals surface area contributed by atoms with Crippen molar-refractivity contribution in [1.29, 1.82) is 0 Å². The summed E-state index contributed by atoms with van der Waals surface area (Å²) in [4.78, 5) is 42.2. The number of hydrogen-bond donors (Lipinski definition) is 1. The number of piperazine rings is 1. The monoisotopic (exact) mass is 402 g/mol. The van der Waals surface area contributed by atoms with Crippen LogP contribution in [0.3, 0.4) is 0 Å². The molecule has 0 bridgehead atoms. The number of carbonyl (C=O) groups excluding carboxylic acids is 2. The van der Waals surface area contributed by atoms with Crippen LogP contribution >= 0.6 is 0 Å². The molecule has 3 fully saturated rings. The van der Waals surface area contributed by atoms with Gasteiger partial charge in [0, 0.05) is 38.8 Å². The van der Waals surface area contributed by atoms with E-state index < -0.39 is 4.92 Å². The topological polar surface area (TPSA) is 107 Å². The minimum atomic E-state index is -0.447. The van der Waals surface area contributed by atoms with E-state index in [1.807, 2.05) is 4.90 Å². The van der Waals surface area contributed by atoms with Crippen LogP contribution in [0.5, 0.6) is 0 Å². The quantitative estimate of drug-likeness (QED) is 0.450. The summed E-state index contributed by atoms with van der Waals surface area (Å²) in [6, 6.07) is 4.66. The summed E-state index contributed by atoms with van der Waals surface area (Å²) >= 11 is 0. The van der Waals surface area contributed by atoms with Gasteiger partial charge in [0.05, 0.1) is 29.1 Å². The Hall–Kier alpha value is -2.52. The molecule has 2 amide bonds. The predicted octanol–water partition coefficient (Wildman–Crippen LogP) is 1.39. The van der Waals surface area contributed by atoms with Gasteiger partial charge in [-0.1, -0.05) is 12.8 Å². The molecule has 9 heteroatoms. The molecule has 2 atom stereocenters. The summed E-state index contributed by atoms with van der Waals surface area (Å²) < 4.78 is 0. The number of anilines is 2. The van der Waals surface area contributed by atoms with E-state index in [0.717, 1.165) is 17.7 Å². The van der Waals surface area contributed by atoms with Crippen LogP contribution in [0.25, 0.3) is 0 Å². The smallest absolute Gasteiger partial charge is 0.294 e. The largest absolute Gasteiger partial charge is 0.395 e. The minimum absolute atomic E-state index is 0.0893. The third-order valence-electron chi connectivity index (χ3n) is 6.38. The zero-order chi connectivity index (χ0) is 20.5. The number of nitro groups is 1. The Bertz CT molecular complexity index is 797. The number of rotatable bonds is 5. The molecule has 1 N–H and O–H groups in total. The third-order valence-corrected chi connectivity index (χ3v) is 6.38. The van der Waals surface area contributed by atoms with E-state index >= 15 is 0 Å². The van der Waals surface area contributed by atoms with Crippen molar-refractivity contribution in [2.75, 3.05) is 49.1 Å². The van der Waals surface area contributed by atoms with Gasteiger partial charge in [-0.25, -0.2) is 4.90 Å². The molecule has 2 heterocycles. The molecule has 0 aromatic heterocycles. The number of nitrogens with zero attached hydrogens (tertiary/aromatic N) is 4. The lowest BCUT2D eigenvalue weighted by Crippen LogP contribution is -2.47. The molecule has 2 unspecified atom stereocenters. The highest BCUT2D eigenvalue weighted by atomic mass is 16.6. The zero-order valence-corrected chi connectivity index (χ0v) is 16.3. The number of aliphatic hydroxyl groups excluding tert-OH is 1. The van der Waals surface area contributed by atoms with Crippen LogP contribution in [0.15, 0.2) is 18.2 Å². The molecule has 1 aliphatic carbocycles. The van der Waals surface area contributed by atoms with Crippen LogP contribution in [-0.2, 0) is 9.59 Å². The first-order valence-corrected chi connectivity index (χ1v) is 10.3. The Kier molecular flexibility index (Phi) is 5.51. The average molecular weight is 402 g/mol. The van der Waals surface area contributed by atoms with Crippen molar-refractivity contribution >= 4 is 28.9 Å². The first-order valence-electron chi connectivity index (χ1n) is 10.3. The normalized spacial score (nSPS) is 25.4. The first-order chi connectivity index (χ1) is 14.0. The van der Waals surface area contributed by atoms with Gasteiger partial charge in [0.25, 0.3) is 5.69 Å². The number of imide groups is 1. The van der Waals surface area contributed by atoms with E-state index in [1.165, 1.54) is 6.07 Å². The maximum Gasteiger partial charge on any atom is 0.294 e. The number of aliphatic hydroxyl groups is 1. The van der Waals surface area contributed by atoms with Gasteiger partial charge in [-0.3, -0.25) is 24.6 Å². The molecule has 29 heavy (non-hydrogen) atoms. The fraction of sp³-hybridized carbons (Fsp3) is 0.600. The lowest BCUT2D eigenvalue weighted by atomic mass is 9.81. The lowest BCUT2D eigenvalue weighted by Gasteiger charge is -2.35. The summed E-state index contributed by atoms with van der Waals surface area (Å²) in [6.45, 7) is 3.35. The van der Waals surface area contributed by atoms with Crippen LogP contribution in [-0.4, -0.2) is 66.1 Å². The Balaban J connectivity index is 1.59. The van der Waals surface area contributed by atoms with E-state index in [9.17, 15) is 19.7 Å². The molecule has 0 spiro atoms. The molecule has 9 nitrogen and oxygen atoms in total. The molecule has 0 radical (unpaired) electrons. The third kappa shape index (κ3) is 3.60. The van der Waals surface area contributed by atoms with Crippen LogP contribution in [0, 0.1) is 22.0 Å². The van der Waals surface area contributed by atoms with Crippen molar-refractivity contribution in [2.45, 2.75) is 25.7 Å². The number of hydrogen-bond acceptors (Lipinski definition) is 7. The number of carbonyl (C=O) groups is 2. The molecular formula is C20H26N4O5. The summed E-state index contributed by atoms with van der Waals surface area (Å²) in [6.07, 6.45) is 3.30. The molecule has 156 valence electrons. The van der Waals surface area contributed by atoms with Crippen molar-refractivity contribution in [3.8, 4) is 0 Å². The van der Waals surface area contributed by atoms with E-state index in [1.54, 1.807) is 12.1 Å². The van der Waals surface area contributed by atoms with Gasteiger partial charge >= 0.3 is 0 Å². The first kappa shape index (κ1) is 19.8. The van der Waals surface area contributed by atoms with Gasteiger partial charge in [-0.05, 0) is 25.0 Å². The molecular weight excluding hydrogens is 376 g/mol. The number of nitro benzene ring substituents is 1. The van der Waals surface area contributed by atoms with Crippen LogP contribution < -0.4 is 9.80 Å². The molecule has 1 aromatic rings. The van der Waals surface area contributed by atoms with Crippen LogP contribution in [0.1, 0.15) is 25.7 Å². The van der Waals surface area contributed by atoms with Crippen molar-refractivity contribution in [3.63, 3.8) is 0 Å². The highest BCUT2D eigenvalue weighted by Crippen LogP contribution is 2.42. The SMILES string of the molecule is O=C1C2CCCCC2C(=O)N1c1ccc(N2CCN(CCO)CC2)c([N+](=O)[O-])c1. The molecule has 2 aliphatic heterocycles. The standard InChI is InChI=1S/C20H26N4O5/c25-12-11-21-7-9-22(10-8-21)17-6-5-14(13-18(17)24(28)29)23-19(26)15-3-1-2-4-16(15)20(23)27/h5-6,13,15-16,25H,1-4,7-12H2. The van der Waals surface area contributed by atoms with E-state index in [4.69, 9.17) is 5.11 Å². The number of amides is 2. The Morgan fingerprint density at radius 2 is 1.66 bits per heavy atom. The van der Waals surface area contributed by atoms with E-state index in [2.05, 4.69) is 4.90 Å². The Labute approximate surface area is 169 Å². The summed E-state index contributed by atoms with van der Waals surface area (Å²) in [7, 11) is 0. The van der Waals surface area contributed by atoms with Gasteiger partial charge in [-0.2, -0.15) is 0 Å². The maximum absolute atomic E-state index is 12.8. The van der Waals surface area contributed by atoms with Gasteiger partial charge in [-0.15, -0.1) is 0 Å². The fourth-order valence-corrected chi connectivity index (χ4v) is 4.84. The predicted molar refractivity (Wildman–Crippen MR) is 107 cm³/mol. The summed E-state index contributed by atoms with van der Waals surface area (Å²) in [5.74, 6) is -1.01. The molecule has 3 aliphatic rings. The highest BCUT2D eigenvalue weighted by Gasteiger charge is 2.49. The Morgan fingerprint density at radius 1 is 1.03 bits per heavy atom. The van der Waals surface area contributed by atoms with E-state index in [-0.39, 0.29) is 35.9 Å².